The number of nitrogens with one attached hydrogen (secondary N) is 1. The lowest BCUT2D eigenvalue weighted by Crippen LogP contribution is -2.21. The number of anilines is 1. The number of benzene rings is 2. The zero-order chi connectivity index (χ0) is 22.7. The predicted octanol–water partition coefficient (Wildman–Crippen LogP) is 1.96. The minimum atomic E-state index is -0.657. The van der Waals surface area contributed by atoms with Crippen LogP contribution in [-0.4, -0.2) is 41.8 Å². The van der Waals surface area contributed by atoms with E-state index in [1.54, 1.807) is 37.3 Å². The first-order chi connectivity index (χ1) is 15.5. The molecule has 13 heteroatoms. The van der Waals surface area contributed by atoms with Gasteiger partial charge in [-0.05, 0) is 17.2 Å². The molecule has 3 N–H and O–H groups in total. The highest BCUT2D eigenvalue weighted by atomic mass is 16.6. The van der Waals surface area contributed by atoms with Crippen LogP contribution in [0.4, 0.5) is 11.5 Å². The molecular weight excluding hydrogens is 418 g/mol. The Kier molecular flexibility index (Phi) is 5.36. The zero-order valence-electron chi connectivity index (χ0n) is 16.5. The van der Waals surface area contributed by atoms with Gasteiger partial charge in [0.15, 0.2) is 5.69 Å². The number of hydrogen-bond donors (Lipinski definition) is 2. The summed E-state index contributed by atoms with van der Waals surface area (Å²) in [5, 5.41) is 30.2. The number of aromatic nitrogens is 5. The molecule has 1 amide bonds. The Labute approximate surface area is 179 Å². The van der Waals surface area contributed by atoms with Gasteiger partial charge < -0.3 is 5.73 Å². The van der Waals surface area contributed by atoms with E-state index in [0.29, 0.717) is 22.5 Å². The molecule has 0 radical (unpaired) electrons. The van der Waals surface area contributed by atoms with Crippen LogP contribution in [0.25, 0.3) is 17.1 Å². The highest BCUT2D eigenvalue weighted by Gasteiger charge is 2.25. The van der Waals surface area contributed by atoms with Gasteiger partial charge in [0.2, 0.25) is 11.6 Å². The van der Waals surface area contributed by atoms with E-state index in [4.69, 9.17) is 5.73 Å². The molecule has 0 aliphatic rings. The van der Waals surface area contributed by atoms with Crippen molar-refractivity contribution in [3.63, 3.8) is 0 Å². The summed E-state index contributed by atoms with van der Waals surface area (Å²) in [6.07, 6.45) is 0. The van der Waals surface area contributed by atoms with E-state index >= 15 is 0 Å². The van der Waals surface area contributed by atoms with Crippen molar-refractivity contribution in [2.24, 2.45) is 5.10 Å². The van der Waals surface area contributed by atoms with Gasteiger partial charge in [0, 0.05) is 23.3 Å². The summed E-state index contributed by atoms with van der Waals surface area (Å²) in [5.74, 6) is -0.611. The Hall–Kier alpha value is -4.94. The molecule has 2 heterocycles. The number of nitrogens with zero attached hydrogens (tertiary/aromatic N) is 7. The molecule has 0 aliphatic carbocycles. The number of rotatable bonds is 6. The third kappa shape index (κ3) is 3.89. The van der Waals surface area contributed by atoms with Crippen LogP contribution in [0, 0.1) is 10.1 Å². The summed E-state index contributed by atoms with van der Waals surface area (Å²) in [6, 6.07) is 14.8. The summed E-state index contributed by atoms with van der Waals surface area (Å²) >= 11 is 0. The first-order valence-electron chi connectivity index (χ1n) is 9.14. The fourth-order valence-corrected chi connectivity index (χ4v) is 2.87. The lowest BCUT2D eigenvalue weighted by atomic mass is 10.1. The molecule has 0 spiro atoms. The van der Waals surface area contributed by atoms with Gasteiger partial charge in [0.25, 0.3) is 11.6 Å². The second-order valence-electron chi connectivity index (χ2n) is 6.48. The Bertz CT molecular complexity index is 1330. The predicted molar refractivity (Wildman–Crippen MR) is 112 cm³/mol. The topological polar surface area (TPSA) is 180 Å². The van der Waals surface area contributed by atoms with Crippen molar-refractivity contribution in [2.75, 3.05) is 5.73 Å². The lowest BCUT2D eigenvalue weighted by Gasteiger charge is -2.06. The van der Waals surface area contributed by atoms with Gasteiger partial charge in [0.05, 0.1) is 10.6 Å². The third-order valence-electron chi connectivity index (χ3n) is 4.43. The van der Waals surface area contributed by atoms with Gasteiger partial charge in [-0.2, -0.15) is 9.78 Å². The molecule has 0 atom stereocenters. The minimum Gasteiger partial charge on any atom is -0.378 e. The van der Waals surface area contributed by atoms with Crippen molar-refractivity contribution in [3.05, 3.63) is 76.0 Å². The lowest BCUT2D eigenvalue weighted by molar-refractivity contribution is -0.384. The highest BCUT2D eigenvalue weighted by molar-refractivity contribution is 6.02. The molecule has 4 aromatic rings. The molecule has 0 saturated heterocycles. The molecule has 160 valence electrons. The summed E-state index contributed by atoms with van der Waals surface area (Å²) in [5.41, 5.74) is 9.80. The van der Waals surface area contributed by atoms with Gasteiger partial charge in [-0.1, -0.05) is 47.7 Å². The van der Waals surface area contributed by atoms with Crippen molar-refractivity contribution in [1.29, 1.82) is 0 Å². The molecule has 0 saturated carbocycles. The molecule has 0 aliphatic heterocycles. The summed E-state index contributed by atoms with van der Waals surface area (Å²) in [7, 11) is 0. The fourth-order valence-electron chi connectivity index (χ4n) is 2.87. The number of nitro benzene ring substituents is 1. The fraction of sp³-hybridized carbons (Fsp3) is 0.0526. The molecule has 0 bridgehead atoms. The van der Waals surface area contributed by atoms with Gasteiger partial charge >= 0.3 is 0 Å². The molecule has 13 nitrogen and oxygen atoms in total. The van der Waals surface area contributed by atoms with E-state index in [0.717, 1.165) is 0 Å². The van der Waals surface area contributed by atoms with Crippen LogP contribution in [0.5, 0.6) is 0 Å². The van der Waals surface area contributed by atoms with E-state index < -0.39 is 10.8 Å². The molecule has 32 heavy (non-hydrogen) atoms. The normalized spacial score (nSPS) is 11.3. The van der Waals surface area contributed by atoms with Gasteiger partial charge in [0.1, 0.15) is 5.69 Å². The third-order valence-corrected chi connectivity index (χ3v) is 4.43. The van der Waals surface area contributed by atoms with Crippen molar-refractivity contribution in [1.82, 2.24) is 30.7 Å². The summed E-state index contributed by atoms with van der Waals surface area (Å²) < 4.78 is 5.87. The second-order valence-corrected chi connectivity index (χ2v) is 6.48. The van der Waals surface area contributed by atoms with Gasteiger partial charge in [-0.3, -0.25) is 14.9 Å². The average molecular weight is 433 g/mol. The standard InChI is InChI=1S/C19H15N9O4/c1-11(13-8-5-9-14(10-13)28(30)31)21-23-19(29)15-16(12-6-3-2-4-7-12)27(26-22-15)18-17(20)24-32-25-18/h2-10H,1H3,(H2,20,24)(H,23,29)/b21-11+. The molecule has 0 fully saturated rings. The van der Waals surface area contributed by atoms with Crippen molar-refractivity contribution >= 4 is 23.1 Å². The second kappa shape index (κ2) is 8.43. The van der Waals surface area contributed by atoms with Crippen LogP contribution in [-0.2, 0) is 0 Å². The first kappa shape index (κ1) is 20.3. The number of nitrogen functional groups attached to an aromatic ring is 1. The SMILES string of the molecule is C/C(=N\NC(=O)c1nnn(-c2nonc2N)c1-c1ccccc1)c1cccc([N+](=O)[O-])c1. The number of carbonyl (C=O) groups is 1. The largest absolute Gasteiger partial charge is 0.378 e. The highest BCUT2D eigenvalue weighted by Crippen LogP contribution is 2.26. The van der Waals surface area contributed by atoms with Gasteiger partial charge in [-0.15, -0.1) is 5.10 Å². The van der Waals surface area contributed by atoms with E-state index in [9.17, 15) is 14.9 Å². The number of amides is 1. The smallest absolute Gasteiger partial charge is 0.294 e. The Morgan fingerprint density at radius 1 is 1.19 bits per heavy atom. The maximum absolute atomic E-state index is 12.9. The molecule has 0 unspecified atom stereocenters. The number of hydrazone groups is 1. The van der Waals surface area contributed by atoms with E-state index in [2.05, 4.69) is 35.8 Å². The summed E-state index contributed by atoms with van der Waals surface area (Å²) in [4.78, 5) is 23.4. The maximum Gasteiger partial charge on any atom is 0.294 e. The van der Waals surface area contributed by atoms with Crippen LogP contribution < -0.4 is 11.2 Å². The number of non-ortho nitro benzene ring substituents is 1. The zero-order valence-corrected chi connectivity index (χ0v) is 16.5. The maximum atomic E-state index is 12.9. The van der Waals surface area contributed by atoms with Crippen LogP contribution in [0.2, 0.25) is 0 Å². The van der Waals surface area contributed by atoms with Crippen LogP contribution >= 0.6 is 0 Å². The number of nitro groups is 1. The minimum absolute atomic E-state index is 0.0291. The van der Waals surface area contributed by atoms with E-state index in [-0.39, 0.29) is 23.0 Å². The number of carbonyl (C=O) groups excluding carboxylic acids is 1. The van der Waals surface area contributed by atoms with E-state index in [1.807, 2.05) is 6.07 Å². The van der Waals surface area contributed by atoms with Gasteiger partial charge in [-0.25, -0.2) is 10.1 Å². The van der Waals surface area contributed by atoms with Crippen LogP contribution in [0.1, 0.15) is 23.0 Å². The van der Waals surface area contributed by atoms with Crippen LogP contribution in [0.3, 0.4) is 0 Å². The molecule has 4 rings (SSSR count). The van der Waals surface area contributed by atoms with Crippen molar-refractivity contribution < 1.29 is 14.3 Å². The van der Waals surface area contributed by atoms with Crippen molar-refractivity contribution in [3.8, 4) is 17.1 Å². The van der Waals surface area contributed by atoms with E-state index in [1.165, 1.54) is 22.9 Å². The molecular formula is C19H15N9O4. The van der Waals surface area contributed by atoms with Crippen molar-refractivity contribution in [2.45, 2.75) is 6.92 Å². The molecule has 2 aromatic heterocycles. The Morgan fingerprint density at radius 3 is 2.66 bits per heavy atom. The Morgan fingerprint density at radius 2 is 1.97 bits per heavy atom. The number of nitrogens with two attached hydrogens (primary N) is 1. The van der Waals surface area contributed by atoms with Crippen LogP contribution in [0.15, 0.2) is 64.3 Å². The molecule has 2 aromatic carbocycles. The number of hydrogen-bond acceptors (Lipinski definition) is 10. The monoisotopic (exact) mass is 433 g/mol. The first-order valence-corrected chi connectivity index (χ1v) is 9.14. The Balaban J connectivity index is 1.68. The quantitative estimate of drug-likeness (QED) is 0.261. The summed E-state index contributed by atoms with van der Waals surface area (Å²) in [6.45, 7) is 1.61. The average Bonchev–Trinajstić information content (AvgIpc) is 3.43.